The number of hydrogen-bond donors (Lipinski definition) is 0. The van der Waals surface area contributed by atoms with Crippen molar-refractivity contribution in [3.63, 3.8) is 0 Å². The van der Waals surface area contributed by atoms with Crippen LogP contribution in [-0.4, -0.2) is 24.6 Å². The van der Waals surface area contributed by atoms with Crippen molar-refractivity contribution in [2.24, 2.45) is 0 Å². The van der Waals surface area contributed by atoms with Gasteiger partial charge in [0, 0.05) is 4.90 Å². The Morgan fingerprint density at radius 3 is 2.61 bits per heavy atom. The van der Waals surface area contributed by atoms with Crippen molar-refractivity contribution in [1.29, 1.82) is 0 Å². The number of rotatable bonds is 5. The summed E-state index contributed by atoms with van der Waals surface area (Å²) < 4.78 is 5.02. The molecule has 0 fully saturated rings. The molecule has 0 aliphatic carbocycles. The fraction of sp³-hybridized carbons (Fsp3) is 0.385. The van der Waals surface area contributed by atoms with Crippen LogP contribution in [-0.2, 0) is 9.53 Å². The van der Waals surface area contributed by atoms with Crippen molar-refractivity contribution in [3.8, 4) is 0 Å². The number of thioether (sulfide) groups is 1. The quantitative estimate of drug-likeness (QED) is 0.472. The second kappa shape index (κ2) is 6.81. The second-order valence-electron chi connectivity index (χ2n) is 3.62. The van der Waals surface area contributed by atoms with Gasteiger partial charge in [-0.15, -0.1) is 23.4 Å². The van der Waals surface area contributed by atoms with Gasteiger partial charge in [0.15, 0.2) is 5.78 Å². The zero-order valence-corrected chi connectivity index (χ0v) is 12.1. The van der Waals surface area contributed by atoms with Crippen LogP contribution in [0.3, 0.4) is 0 Å². The first-order chi connectivity index (χ1) is 8.52. The molecule has 0 bridgehead atoms. The predicted octanol–water partition coefficient (Wildman–Crippen LogP) is 3.45. The first-order valence-corrected chi connectivity index (χ1v) is 7.17. The molecular formula is C13H15ClO3S. The molecule has 0 spiro atoms. The number of carbonyl (C=O) groups excluding carboxylic acids is 2. The molecule has 98 valence electrons. The number of carbonyl (C=O) groups is 2. The van der Waals surface area contributed by atoms with Gasteiger partial charge in [-0.2, -0.15) is 0 Å². The maximum Gasteiger partial charge on any atom is 0.339 e. The fourth-order valence-electron chi connectivity index (χ4n) is 1.57. The highest BCUT2D eigenvalue weighted by Gasteiger charge is 2.24. The SMILES string of the molecule is CCOC(=O)c1c(SC)cccc1C(Cl)C(C)=O. The van der Waals surface area contributed by atoms with Crippen LogP contribution in [0.25, 0.3) is 0 Å². The summed E-state index contributed by atoms with van der Waals surface area (Å²) in [6.07, 6.45) is 1.86. The number of alkyl halides is 1. The van der Waals surface area contributed by atoms with Crippen LogP contribution < -0.4 is 0 Å². The minimum atomic E-state index is -0.823. The van der Waals surface area contributed by atoms with E-state index in [1.165, 1.54) is 18.7 Å². The summed E-state index contributed by atoms with van der Waals surface area (Å²) in [5.74, 6) is -0.634. The predicted molar refractivity (Wildman–Crippen MR) is 73.5 cm³/mol. The van der Waals surface area contributed by atoms with Gasteiger partial charge in [0.2, 0.25) is 0 Å². The van der Waals surface area contributed by atoms with Gasteiger partial charge >= 0.3 is 5.97 Å². The van der Waals surface area contributed by atoms with Crippen LogP contribution in [0.4, 0.5) is 0 Å². The lowest BCUT2D eigenvalue weighted by Gasteiger charge is -2.14. The lowest BCUT2D eigenvalue weighted by Crippen LogP contribution is -2.13. The van der Waals surface area contributed by atoms with Crippen molar-refractivity contribution < 1.29 is 14.3 Å². The molecule has 18 heavy (non-hydrogen) atoms. The van der Waals surface area contributed by atoms with E-state index >= 15 is 0 Å². The van der Waals surface area contributed by atoms with Gasteiger partial charge in [-0.3, -0.25) is 4.79 Å². The fourth-order valence-corrected chi connectivity index (χ4v) is 2.37. The van der Waals surface area contributed by atoms with Crippen LogP contribution in [0.15, 0.2) is 23.1 Å². The number of ketones is 1. The Hall–Kier alpha value is -1.00. The Balaban J connectivity index is 3.33. The van der Waals surface area contributed by atoms with Gasteiger partial charge in [-0.25, -0.2) is 4.79 Å². The molecule has 0 N–H and O–H groups in total. The van der Waals surface area contributed by atoms with Gasteiger partial charge in [0.25, 0.3) is 0 Å². The molecule has 1 aromatic carbocycles. The summed E-state index contributed by atoms with van der Waals surface area (Å²) in [5.41, 5.74) is 0.900. The van der Waals surface area contributed by atoms with E-state index in [2.05, 4.69) is 0 Å². The average Bonchev–Trinajstić information content (AvgIpc) is 2.36. The molecule has 0 aliphatic heterocycles. The molecule has 1 unspecified atom stereocenters. The van der Waals surface area contributed by atoms with Gasteiger partial charge in [-0.05, 0) is 31.7 Å². The molecule has 0 radical (unpaired) electrons. The van der Waals surface area contributed by atoms with E-state index < -0.39 is 11.3 Å². The number of ether oxygens (including phenoxy) is 1. The van der Waals surface area contributed by atoms with Crippen LogP contribution in [0.2, 0.25) is 0 Å². The number of Topliss-reactive ketones (excluding diaryl/α,β-unsaturated/α-hetero) is 1. The molecule has 0 saturated carbocycles. The van der Waals surface area contributed by atoms with Gasteiger partial charge in [0.1, 0.15) is 5.38 Å². The lowest BCUT2D eigenvalue weighted by molar-refractivity contribution is -0.116. The summed E-state index contributed by atoms with van der Waals surface area (Å²) in [7, 11) is 0. The highest BCUT2D eigenvalue weighted by Crippen LogP contribution is 2.31. The topological polar surface area (TPSA) is 43.4 Å². The zero-order chi connectivity index (χ0) is 13.7. The second-order valence-corrected chi connectivity index (χ2v) is 4.90. The molecule has 0 aromatic heterocycles. The summed E-state index contributed by atoms with van der Waals surface area (Å²) >= 11 is 7.47. The molecule has 3 nitrogen and oxygen atoms in total. The summed E-state index contributed by atoms with van der Waals surface area (Å²) in [6.45, 7) is 3.43. The van der Waals surface area contributed by atoms with Crippen molar-refractivity contribution >= 4 is 35.1 Å². The van der Waals surface area contributed by atoms with Gasteiger partial charge < -0.3 is 4.74 Å². The van der Waals surface area contributed by atoms with Crippen LogP contribution >= 0.6 is 23.4 Å². The summed E-state index contributed by atoms with van der Waals surface area (Å²) in [4.78, 5) is 24.1. The first-order valence-electron chi connectivity index (χ1n) is 5.51. The lowest BCUT2D eigenvalue weighted by atomic mass is 10.0. The number of hydrogen-bond acceptors (Lipinski definition) is 4. The van der Waals surface area contributed by atoms with Crippen LogP contribution in [0.5, 0.6) is 0 Å². The van der Waals surface area contributed by atoms with Gasteiger partial charge in [-0.1, -0.05) is 12.1 Å². The molecule has 0 heterocycles. The highest BCUT2D eigenvalue weighted by atomic mass is 35.5. The molecule has 1 atom stereocenters. The van der Waals surface area contributed by atoms with Crippen LogP contribution in [0.1, 0.15) is 35.1 Å². The third-order valence-corrected chi connectivity index (χ3v) is 3.71. The van der Waals surface area contributed by atoms with Crippen LogP contribution in [0, 0.1) is 0 Å². The highest BCUT2D eigenvalue weighted by molar-refractivity contribution is 7.98. The third kappa shape index (κ3) is 3.27. The molecule has 1 aromatic rings. The Kier molecular flexibility index (Phi) is 5.69. The molecular weight excluding hydrogens is 272 g/mol. The van der Waals surface area contributed by atoms with E-state index in [1.807, 2.05) is 12.3 Å². The average molecular weight is 287 g/mol. The van der Waals surface area contributed by atoms with E-state index in [0.717, 1.165) is 4.90 Å². The summed E-state index contributed by atoms with van der Waals surface area (Å²) in [6, 6.07) is 5.28. The molecule has 5 heteroatoms. The van der Waals surface area contributed by atoms with E-state index in [-0.39, 0.29) is 12.4 Å². The first kappa shape index (κ1) is 15.1. The largest absolute Gasteiger partial charge is 0.462 e. The normalized spacial score (nSPS) is 12.0. The van der Waals surface area contributed by atoms with E-state index in [4.69, 9.17) is 16.3 Å². The van der Waals surface area contributed by atoms with Crippen molar-refractivity contribution in [3.05, 3.63) is 29.3 Å². The molecule has 1 rings (SSSR count). The maximum absolute atomic E-state index is 12.0. The zero-order valence-electron chi connectivity index (χ0n) is 10.5. The number of benzene rings is 1. The van der Waals surface area contributed by atoms with Crippen molar-refractivity contribution in [1.82, 2.24) is 0 Å². The maximum atomic E-state index is 12.0. The molecule has 0 aliphatic rings. The minimum absolute atomic E-state index is 0.194. The van der Waals surface area contributed by atoms with E-state index in [0.29, 0.717) is 11.1 Å². The minimum Gasteiger partial charge on any atom is -0.462 e. The van der Waals surface area contributed by atoms with Gasteiger partial charge in [0.05, 0.1) is 12.2 Å². The Morgan fingerprint density at radius 2 is 2.11 bits per heavy atom. The Morgan fingerprint density at radius 1 is 1.44 bits per heavy atom. The number of esters is 1. The Labute approximate surface area is 116 Å². The van der Waals surface area contributed by atoms with Crippen molar-refractivity contribution in [2.75, 3.05) is 12.9 Å². The number of halogens is 1. The standard InChI is InChI=1S/C13H15ClO3S/c1-4-17-13(16)11-9(12(14)8(2)15)6-5-7-10(11)18-3/h5-7,12H,4H2,1-3H3. The van der Waals surface area contributed by atoms with E-state index in [9.17, 15) is 9.59 Å². The summed E-state index contributed by atoms with van der Waals surface area (Å²) in [5, 5.41) is -0.823. The molecule has 0 saturated heterocycles. The van der Waals surface area contributed by atoms with E-state index in [1.54, 1.807) is 19.1 Å². The van der Waals surface area contributed by atoms with Crippen molar-refractivity contribution in [2.45, 2.75) is 24.1 Å². The Bertz CT molecular complexity index is 460. The monoisotopic (exact) mass is 286 g/mol. The molecule has 0 amide bonds. The smallest absolute Gasteiger partial charge is 0.339 e. The third-order valence-electron chi connectivity index (χ3n) is 2.39.